The zero-order chi connectivity index (χ0) is 11.7. The molecule has 1 aromatic carbocycles. The molecule has 3 rings (SSSR count). The third-order valence-electron chi connectivity index (χ3n) is 4.30. The molecule has 1 heterocycles. The van der Waals surface area contributed by atoms with Gasteiger partial charge in [-0.2, -0.15) is 0 Å². The molecule has 1 aliphatic carbocycles. The number of methoxy groups -OCH3 is 1. The molecular weight excluding hydrogens is 210 g/mol. The second-order valence-corrected chi connectivity index (χ2v) is 5.53. The van der Waals surface area contributed by atoms with Crippen LogP contribution in [-0.4, -0.2) is 26.8 Å². The maximum Gasteiger partial charge on any atom is 0.0559 e. The Morgan fingerprint density at radius 1 is 1.41 bits per heavy atom. The van der Waals surface area contributed by atoms with E-state index < -0.39 is 0 Å². The molecule has 1 saturated heterocycles. The average molecular weight is 231 g/mol. The Balaban J connectivity index is 1.83. The van der Waals surface area contributed by atoms with Gasteiger partial charge in [-0.25, -0.2) is 0 Å². The molecule has 1 aromatic rings. The van der Waals surface area contributed by atoms with Gasteiger partial charge >= 0.3 is 0 Å². The topological polar surface area (TPSA) is 21.3 Å². The molecule has 1 N–H and O–H groups in total. The van der Waals surface area contributed by atoms with Crippen molar-refractivity contribution in [3.05, 3.63) is 35.4 Å². The minimum atomic E-state index is 0.344. The van der Waals surface area contributed by atoms with Gasteiger partial charge in [0, 0.05) is 19.1 Å². The van der Waals surface area contributed by atoms with Gasteiger partial charge in [-0.15, -0.1) is 0 Å². The maximum atomic E-state index is 5.38. The molecule has 1 unspecified atom stereocenters. The van der Waals surface area contributed by atoms with Crippen LogP contribution in [0.5, 0.6) is 0 Å². The maximum absolute atomic E-state index is 5.38. The summed E-state index contributed by atoms with van der Waals surface area (Å²) in [4.78, 5) is 0. The number of rotatable bonds is 4. The van der Waals surface area contributed by atoms with Crippen LogP contribution >= 0.6 is 0 Å². The summed E-state index contributed by atoms with van der Waals surface area (Å²) >= 11 is 0. The van der Waals surface area contributed by atoms with Gasteiger partial charge in [-0.3, -0.25) is 0 Å². The zero-order valence-electron chi connectivity index (χ0n) is 10.5. The van der Waals surface area contributed by atoms with Crippen molar-refractivity contribution in [3.63, 3.8) is 0 Å². The van der Waals surface area contributed by atoms with Crippen LogP contribution < -0.4 is 5.32 Å². The second kappa shape index (κ2) is 4.43. The Labute approximate surface area is 103 Å². The first-order chi connectivity index (χ1) is 8.34. The van der Waals surface area contributed by atoms with Gasteiger partial charge in [0.15, 0.2) is 0 Å². The quantitative estimate of drug-likeness (QED) is 0.859. The molecule has 2 fully saturated rings. The van der Waals surface area contributed by atoms with E-state index in [1.165, 1.54) is 30.4 Å². The highest BCUT2D eigenvalue weighted by Gasteiger charge is 2.44. The van der Waals surface area contributed by atoms with Crippen molar-refractivity contribution in [1.29, 1.82) is 0 Å². The number of nitrogens with one attached hydrogen (secondary N) is 1. The second-order valence-electron chi connectivity index (χ2n) is 5.53. The van der Waals surface area contributed by atoms with Gasteiger partial charge in [0.05, 0.1) is 6.61 Å². The molecule has 0 bridgehead atoms. The molecule has 17 heavy (non-hydrogen) atoms. The summed E-state index contributed by atoms with van der Waals surface area (Å²) in [6.07, 6.45) is 3.85. The van der Waals surface area contributed by atoms with Gasteiger partial charge in [-0.05, 0) is 42.9 Å². The molecule has 92 valence electrons. The minimum Gasteiger partial charge on any atom is -0.384 e. The van der Waals surface area contributed by atoms with Crippen LogP contribution in [0.1, 0.15) is 36.3 Å². The van der Waals surface area contributed by atoms with E-state index >= 15 is 0 Å². The van der Waals surface area contributed by atoms with E-state index in [2.05, 4.69) is 29.6 Å². The predicted molar refractivity (Wildman–Crippen MR) is 69.5 cm³/mol. The van der Waals surface area contributed by atoms with Crippen LogP contribution in [0, 0.1) is 0 Å². The largest absolute Gasteiger partial charge is 0.384 e. The summed E-state index contributed by atoms with van der Waals surface area (Å²) in [5.41, 5.74) is 3.34. The molecule has 1 aliphatic heterocycles. The van der Waals surface area contributed by atoms with Gasteiger partial charge in [0.2, 0.25) is 0 Å². The van der Waals surface area contributed by atoms with E-state index in [1.807, 2.05) is 7.11 Å². The van der Waals surface area contributed by atoms with Crippen LogP contribution in [0.3, 0.4) is 0 Å². The first-order valence-corrected chi connectivity index (χ1v) is 6.64. The lowest BCUT2D eigenvalue weighted by Crippen LogP contribution is -2.15. The third kappa shape index (κ3) is 2.12. The monoisotopic (exact) mass is 231 g/mol. The summed E-state index contributed by atoms with van der Waals surface area (Å²) in [5, 5.41) is 3.45. The van der Waals surface area contributed by atoms with E-state index in [9.17, 15) is 0 Å². The third-order valence-corrected chi connectivity index (χ3v) is 4.30. The van der Waals surface area contributed by atoms with Gasteiger partial charge in [-0.1, -0.05) is 24.3 Å². The van der Waals surface area contributed by atoms with E-state index in [4.69, 9.17) is 4.74 Å². The fourth-order valence-corrected chi connectivity index (χ4v) is 3.01. The molecule has 2 heteroatoms. The van der Waals surface area contributed by atoms with E-state index in [-0.39, 0.29) is 0 Å². The normalized spacial score (nSPS) is 26.1. The highest BCUT2D eigenvalue weighted by Crippen LogP contribution is 2.48. The van der Waals surface area contributed by atoms with Gasteiger partial charge < -0.3 is 10.1 Å². The van der Waals surface area contributed by atoms with Crippen molar-refractivity contribution < 1.29 is 4.74 Å². The van der Waals surface area contributed by atoms with E-state index in [0.717, 1.165) is 19.7 Å². The Bertz CT molecular complexity index is 392. The molecule has 2 aliphatic rings. The summed E-state index contributed by atoms with van der Waals surface area (Å²) < 4.78 is 5.38. The first-order valence-electron chi connectivity index (χ1n) is 6.64. The van der Waals surface area contributed by atoms with Crippen LogP contribution in [0.15, 0.2) is 24.3 Å². The highest BCUT2D eigenvalue weighted by molar-refractivity contribution is 5.36. The lowest BCUT2D eigenvalue weighted by molar-refractivity contribution is 0.171. The highest BCUT2D eigenvalue weighted by atomic mass is 16.5. The van der Waals surface area contributed by atoms with Gasteiger partial charge in [0.1, 0.15) is 0 Å². The Kier molecular flexibility index (Phi) is 2.93. The van der Waals surface area contributed by atoms with Crippen LogP contribution in [0.2, 0.25) is 0 Å². The molecule has 2 nitrogen and oxygen atoms in total. The number of hydrogen-bond donors (Lipinski definition) is 1. The Hall–Kier alpha value is -0.860. The molecule has 0 radical (unpaired) electrons. The van der Waals surface area contributed by atoms with E-state index in [0.29, 0.717) is 11.3 Å². The Morgan fingerprint density at radius 2 is 2.29 bits per heavy atom. The summed E-state index contributed by atoms with van der Waals surface area (Å²) in [6.45, 7) is 3.18. The summed E-state index contributed by atoms with van der Waals surface area (Å²) in [5.74, 6) is 0.716. The van der Waals surface area contributed by atoms with Crippen molar-refractivity contribution in [2.45, 2.75) is 30.6 Å². The number of benzene rings is 1. The molecule has 0 amide bonds. The van der Waals surface area contributed by atoms with Crippen molar-refractivity contribution in [2.75, 3.05) is 26.8 Å². The fourth-order valence-electron chi connectivity index (χ4n) is 3.01. The smallest absolute Gasteiger partial charge is 0.0559 e. The van der Waals surface area contributed by atoms with Crippen molar-refractivity contribution >= 4 is 0 Å². The van der Waals surface area contributed by atoms with Gasteiger partial charge in [0.25, 0.3) is 0 Å². The molecule has 1 atom stereocenters. The van der Waals surface area contributed by atoms with Crippen LogP contribution in [0.4, 0.5) is 0 Å². The lowest BCUT2D eigenvalue weighted by atomic mass is 9.90. The summed E-state index contributed by atoms with van der Waals surface area (Å²) in [6, 6.07) is 9.20. The SMILES string of the molecule is COCC1(c2cccc(C3CCNC3)c2)CC1. The standard InChI is InChI=1S/C15H21NO/c1-17-11-15(6-7-15)14-4-2-3-12(9-14)13-5-8-16-10-13/h2-4,9,13,16H,5-8,10-11H2,1H3. The Morgan fingerprint density at radius 3 is 2.94 bits per heavy atom. The molecule has 0 spiro atoms. The fraction of sp³-hybridized carbons (Fsp3) is 0.600. The summed E-state index contributed by atoms with van der Waals surface area (Å²) in [7, 11) is 1.81. The molecule has 1 saturated carbocycles. The number of ether oxygens (including phenoxy) is 1. The lowest BCUT2D eigenvalue weighted by Gasteiger charge is -2.17. The molecular formula is C15H21NO. The zero-order valence-corrected chi connectivity index (χ0v) is 10.5. The predicted octanol–water partition coefficient (Wildman–Crippen LogP) is 2.44. The molecule has 0 aromatic heterocycles. The minimum absolute atomic E-state index is 0.344. The van der Waals surface area contributed by atoms with E-state index in [1.54, 1.807) is 0 Å². The van der Waals surface area contributed by atoms with Crippen molar-refractivity contribution in [2.24, 2.45) is 0 Å². The average Bonchev–Trinajstić information content (AvgIpc) is 2.94. The van der Waals surface area contributed by atoms with Crippen molar-refractivity contribution in [3.8, 4) is 0 Å². The number of hydrogen-bond acceptors (Lipinski definition) is 2. The first kappa shape index (κ1) is 11.2. The van der Waals surface area contributed by atoms with Crippen molar-refractivity contribution in [1.82, 2.24) is 5.32 Å². The van der Waals surface area contributed by atoms with Crippen LogP contribution in [-0.2, 0) is 10.2 Å². The van der Waals surface area contributed by atoms with Crippen LogP contribution in [0.25, 0.3) is 0 Å².